The summed E-state index contributed by atoms with van der Waals surface area (Å²) in [5.74, 6) is -4.98. The Morgan fingerprint density at radius 2 is 1.98 bits per heavy atom. The topological polar surface area (TPSA) is 240 Å². The molecule has 16 nitrogen and oxygen atoms in total. The van der Waals surface area contributed by atoms with Crippen LogP contribution in [0.2, 0.25) is 5.02 Å². The fraction of sp³-hybridized carbons (Fsp3) is 0.433. The number of phenols is 2. The van der Waals surface area contributed by atoms with Crippen molar-refractivity contribution in [1.82, 2.24) is 20.5 Å². The van der Waals surface area contributed by atoms with Crippen LogP contribution in [0.3, 0.4) is 0 Å². The quantitative estimate of drug-likeness (QED) is 0.0403. The van der Waals surface area contributed by atoms with E-state index in [-0.39, 0.29) is 38.0 Å². The van der Waals surface area contributed by atoms with Gasteiger partial charge in [0.05, 0.1) is 42.9 Å². The SMILES string of the molecule is CC(C)(O/N=C(\C(=O)N[C@@H]1C(=O)N2C(C(=O)[O-])=C(C[N+]3(CCNC(=S)c4ccc(O)c(O)c4Cl)CCCC3)CS[C@H]12)c1csc(N)n1)C(=O)O. The van der Waals surface area contributed by atoms with Gasteiger partial charge in [-0.3, -0.25) is 14.5 Å². The Balaban J connectivity index is 1.29. The average Bonchev–Trinajstić information content (AvgIpc) is 3.71. The van der Waals surface area contributed by atoms with Crippen LogP contribution in [0.1, 0.15) is 37.9 Å². The van der Waals surface area contributed by atoms with Gasteiger partial charge in [-0.15, -0.1) is 23.1 Å². The lowest BCUT2D eigenvalue weighted by molar-refractivity contribution is -0.911. The second kappa shape index (κ2) is 14.6. The maximum atomic E-state index is 13.4. The highest BCUT2D eigenvalue weighted by atomic mass is 35.5. The van der Waals surface area contributed by atoms with Crippen molar-refractivity contribution in [3.8, 4) is 11.5 Å². The van der Waals surface area contributed by atoms with Gasteiger partial charge >= 0.3 is 5.97 Å². The molecule has 2 saturated heterocycles. The summed E-state index contributed by atoms with van der Waals surface area (Å²) in [5, 5.41) is 51.7. The van der Waals surface area contributed by atoms with E-state index in [0.29, 0.717) is 35.3 Å². The van der Waals surface area contributed by atoms with Crippen molar-refractivity contribution in [3.63, 3.8) is 0 Å². The molecule has 268 valence electrons. The number of hydrogen-bond donors (Lipinski definition) is 6. The molecule has 0 aliphatic carbocycles. The number of nitrogen functional groups attached to an aromatic ring is 1. The van der Waals surface area contributed by atoms with E-state index in [4.69, 9.17) is 34.4 Å². The number of fused-ring (bicyclic) bond motifs is 1. The number of phenolic OH excluding ortho intramolecular Hbond substituents is 2. The molecular formula is C30H34ClN7O9S3. The molecule has 1 aromatic heterocycles. The van der Waals surface area contributed by atoms with Crippen molar-refractivity contribution in [2.75, 3.05) is 44.2 Å². The van der Waals surface area contributed by atoms with E-state index in [1.165, 1.54) is 43.1 Å². The molecule has 4 heterocycles. The smallest absolute Gasteiger partial charge is 0.350 e. The highest BCUT2D eigenvalue weighted by molar-refractivity contribution is 8.00. The zero-order valence-corrected chi connectivity index (χ0v) is 30.0. The van der Waals surface area contributed by atoms with Crippen LogP contribution in [0, 0.1) is 0 Å². The predicted octanol–water partition coefficient (Wildman–Crippen LogP) is 0.354. The number of halogens is 1. The lowest BCUT2D eigenvalue weighted by Gasteiger charge is -2.51. The first-order chi connectivity index (χ1) is 23.5. The molecule has 5 rings (SSSR count). The van der Waals surface area contributed by atoms with Crippen molar-refractivity contribution in [2.45, 2.75) is 43.7 Å². The molecule has 2 fully saturated rings. The number of carbonyl (C=O) groups excluding carboxylic acids is 3. The maximum Gasteiger partial charge on any atom is 0.350 e. The number of quaternary nitrogens is 1. The van der Waals surface area contributed by atoms with Gasteiger partial charge in [-0.05, 0) is 26.0 Å². The highest BCUT2D eigenvalue weighted by Gasteiger charge is 2.54. The van der Waals surface area contributed by atoms with E-state index in [1.54, 1.807) is 0 Å². The summed E-state index contributed by atoms with van der Waals surface area (Å²) in [5.41, 5.74) is 4.18. The van der Waals surface area contributed by atoms with Crippen LogP contribution in [0.4, 0.5) is 5.13 Å². The number of carboxylic acids is 2. The fourth-order valence-electron chi connectivity index (χ4n) is 5.91. The summed E-state index contributed by atoms with van der Waals surface area (Å²) < 4.78 is 0.535. The maximum absolute atomic E-state index is 13.4. The Kier molecular flexibility index (Phi) is 10.8. The molecule has 0 unspecified atom stereocenters. The molecular weight excluding hydrogens is 734 g/mol. The Hall–Kier alpha value is -4.17. The minimum atomic E-state index is -1.79. The minimum Gasteiger partial charge on any atom is -0.543 e. The number of thiocarbonyl (C=S) groups is 1. The molecule has 0 radical (unpaired) electrons. The van der Waals surface area contributed by atoms with E-state index < -0.39 is 52.2 Å². The number of nitrogens with two attached hydrogens (primary N) is 1. The van der Waals surface area contributed by atoms with Gasteiger partial charge in [0.15, 0.2) is 22.3 Å². The Morgan fingerprint density at radius 1 is 1.28 bits per heavy atom. The zero-order valence-electron chi connectivity index (χ0n) is 26.8. The predicted molar refractivity (Wildman–Crippen MR) is 186 cm³/mol. The number of hydrogen-bond acceptors (Lipinski definition) is 14. The highest BCUT2D eigenvalue weighted by Crippen LogP contribution is 2.41. The van der Waals surface area contributed by atoms with Crippen molar-refractivity contribution < 1.29 is 48.9 Å². The van der Waals surface area contributed by atoms with E-state index in [0.717, 1.165) is 42.2 Å². The first kappa shape index (κ1) is 37.1. The summed E-state index contributed by atoms with van der Waals surface area (Å²) in [7, 11) is 0. The summed E-state index contributed by atoms with van der Waals surface area (Å²) >= 11 is 13.9. The number of nitrogens with zero attached hydrogens (tertiary/aromatic N) is 4. The standard InChI is InChI=1S/C30H34ClN7O9S3/c1-30(2,28(45)46)47-36-19(16-13-50-29(32)34-16)23(41)35-20-25(42)37-21(27(43)44)14(12-49-26(20)37)11-38(8-3-4-9-38)10-7-33-24(48)15-5-6-17(39)22(40)18(15)31/h5-6,13,20,26H,3-4,7-12H2,1-2H3,(H7-,32,33,34,35,36,39,40,41,43,44,45,46,48)/t20-,26-/m1/s1. The molecule has 20 heteroatoms. The van der Waals surface area contributed by atoms with Crippen LogP contribution < -0.4 is 21.5 Å². The zero-order chi connectivity index (χ0) is 36.5. The first-order valence-electron chi connectivity index (χ1n) is 15.3. The van der Waals surface area contributed by atoms with Crippen molar-refractivity contribution in [1.29, 1.82) is 0 Å². The van der Waals surface area contributed by atoms with E-state index >= 15 is 0 Å². The van der Waals surface area contributed by atoms with E-state index in [9.17, 15) is 39.6 Å². The van der Waals surface area contributed by atoms with Crippen LogP contribution >= 0.6 is 46.9 Å². The van der Waals surface area contributed by atoms with Gasteiger partial charge in [0.25, 0.3) is 11.8 Å². The number of carboxylic acid groups (broad SMARTS) is 2. The molecule has 0 bridgehead atoms. The molecule has 2 aromatic rings. The average molecular weight is 768 g/mol. The normalized spacial score (nSPS) is 20.2. The lowest BCUT2D eigenvalue weighted by atomic mass is 10.0. The number of aromatic hydroxyl groups is 2. The molecule has 2 atom stereocenters. The number of thioether (sulfide) groups is 1. The summed E-state index contributed by atoms with van der Waals surface area (Å²) in [6.45, 7) is 5.32. The third-order valence-electron chi connectivity index (χ3n) is 8.64. The number of nitrogens with one attached hydrogen (secondary N) is 2. The van der Waals surface area contributed by atoms with Gasteiger partial charge in [0, 0.05) is 35.1 Å². The molecule has 3 aliphatic heterocycles. The van der Waals surface area contributed by atoms with Gasteiger partial charge in [0.2, 0.25) is 5.60 Å². The van der Waals surface area contributed by atoms with Crippen molar-refractivity contribution in [2.24, 2.45) is 5.16 Å². The molecule has 0 saturated carbocycles. The van der Waals surface area contributed by atoms with Gasteiger partial charge in [0.1, 0.15) is 28.6 Å². The molecule has 3 aliphatic rings. The Labute approximate surface area is 304 Å². The Morgan fingerprint density at radius 3 is 2.60 bits per heavy atom. The second-order valence-corrected chi connectivity index (χ2v) is 15.2. The summed E-state index contributed by atoms with van der Waals surface area (Å²) in [6, 6.07) is 1.66. The minimum absolute atomic E-state index is 0.00270. The lowest BCUT2D eigenvalue weighted by Crippen LogP contribution is -2.72. The van der Waals surface area contributed by atoms with Crippen LogP contribution in [0.15, 0.2) is 33.9 Å². The van der Waals surface area contributed by atoms with Gasteiger partial charge in [-0.1, -0.05) is 29.0 Å². The van der Waals surface area contributed by atoms with Gasteiger partial charge in [-0.2, -0.15) is 0 Å². The number of rotatable bonds is 13. The Bertz CT molecular complexity index is 1810. The van der Waals surface area contributed by atoms with Gasteiger partial charge in [-0.25, -0.2) is 9.78 Å². The number of anilines is 1. The molecule has 50 heavy (non-hydrogen) atoms. The van der Waals surface area contributed by atoms with Crippen LogP contribution in [0.25, 0.3) is 0 Å². The summed E-state index contributed by atoms with van der Waals surface area (Å²) in [4.78, 5) is 61.5. The number of oxime groups is 1. The van der Waals surface area contributed by atoms with Crippen LogP contribution in [-0.4, -0.2) is 120 Å². The third kappa shape index (κ3) is 7.46. The number of carbonyl (C=O) groups is 4. The van der Waals surface area contributed by atoms with E-state index in [1.807, 2.05) is 0 Å². The second-order valence-electron chi connectivity index (χ2n) is 12.4. The third-order valence-corrected chi connectivity index (χ3v) is 11.4. The number of benzene rings is 1. The van der Waals surface area contributed by atoms with Crippen molar-refractivity contribution in [3.05, 3.63) is 45.1 Å². The number of likely N-dealkylation sites (tertiary alicyclic amines) is 1. The van der Waals surface area contributed by atoms with Crippen LogP contribution in [0.5, 0.6) is 11.5 Å². The largest absolute Gasteiger partial charge is 0.543 e. The number of β-lactam (4-membered cyclic amide) rings is 1. The first-order valence-corrected chi connectivity index (χ1v) is 18.0. The van der Waals surface area contributed by atoms with Crippen molar-refractivity contribution >= 4 is 86.5 Å². The number of aromatic nitrogens is 1. The summed E-state index contributed by atoms with van der Waals surface area (Å²) in [6.07, 6.45) is 1.84. The molecule has 1 aromatic carbocycles. The number of amides is 2. The number of aliphatic carboxylic acids is 2. The molecule has 0 spiro atoms. The fourth-order valence-corrected chi connectivity index (χ4v) is 8.37. The number of thiazole rings is 1. The molecule has 2 amide bonds. The van der Waals surface area contributed by atoms with Crippen LogP contribution in [-0.2, 0) is 24.0 Å². The van der Waals surface area contributed by atoms with Gasteiger partial charge < -0.3 is 50.9 Å². The van der Waals surface area contributed by atoms with E-state index in [2.05, 4.69) is 20.8 Å². The monoisotopic (exact) mass is 767 g/mol. The molecule has 7 N–H and O–H groups in total.